The monoisotopic (exact) mass is 298 g/mol. The molecule has 3 rings (SSSR count). The molecule has 0 atom stereocenters. The van der Waals surface area contributed by atoms with Crippen LogP contribution in [0.4, 0.5) is 5.82 Å². The first-order valence-corrected chi connectivity index (χ1v) is 6.66. The van der Waals surface area contributed by atoms with Crippen molar-refractivity contribution < 1.29 is 14.4 Å². The molecule has 7 heteroatoms. The van der Waals surface area contributed by atoms with Crippen LogP contribution >= 0.6 is 0 Å². The van der Waals surface area contributed by atoms with E-state index < -0.39 is 5.97 Å². The van der Waals surface area contributed by atoms with Gasteiger partial charge in [0.2, 0.25) is 0 Å². The third-order valence-corrected chi connectivity index (χ3v) is 3.31. The normalized spacial score (nSPS) is 10.8. The number of nitrogens with zero attached hydrogens (tertiary/aromatic N) is 4. The summed E-state index contributed by atoms with van der Waals surface area (Å²) in [5, 5.41) is 13.6. The molecule has 22 heavy (non-hydrogen) atoms. The van der Waals surface area contributed by atoms with Gasteiger partial charge in [0.25, 0.3) is 5.71 Å². The average Bonchev–Trinajstić information content (AvgIpc) is 2.91. The summed E-state index contributed by atoms with van der Waals surface area (Å²) in [6.45, 7) is 1.82. The highest BCUT2D eigenvalue weighted by Gasteiger charge is 2.20. The van der Waals surface area contributed by atoms with Crippen LogP contribution in [0.25, 0.3) is 22.4 Å². The van der Waals surface area contributed by atoms with Crippen molar-refractivity contribution in [2.45, 2.75) is 6.92 Å². The minimum Gasteiger partial charge on any atom is -0.480 e. The van der Waals surface area contributed by atoms with Crippen LogP contribution in [0.1, 0.15) is 5.56 Å². The average molecular weight is 298 g/mol. The minimum absolute atomic E-state index is 0.176. The van der Waals surface area contributed by atoms with Crippen LogP contribution in [-0.2, 0) is 4.79 Å². The molecule has 0 aliphatic rings. The summed E-state index contributed by atoms with van der Waals surface area (Å²) < 4.78 is 5.25. The topological polar surface area (TPSA) is 92.4 Å². The molecule has 112 valence electrons. The number of carboxylic acids is 1. The summed E-state index contributed by atoms with van der Waals surface area (Å²) in [5.74, 6) is -0.466. The lowest BCUT2D eigenvalue weighted by Crippen LogP contribution is -2.26. The summed E-state index contributed by atoms with van der Waals surface area (Å²) >= 11 is 0. The van der Waals surface area contributed by atoms with E-state index in [0.29, 0.717) is 22.6 Å². The van der Waals surface area contributed by atoms with Crippen molar-refractivity contribution in [2.75, 3.05) is 18.5 Å². The number of benzene rings is 1. The molecule has 0 unspecified atom stereocenters. The first-order valence-electron chi connectivity index (χ1n) is 6.66. The van der Waals surface area contributed by atoms with Crippen molar-refractivity contribution in [2.24, 2.45) is 0 Å². The van der Waals surface area contributed by atoms with Gasteiger partial charge in [-0.2, -0.15) is 4.98 Å². The number of carbonyl (C=O) groups is 1. The number of aromatic nitrogens is 3. The Morgan fingerprint density at radius 1 is 1.27 bits per heavy atom. The van der Waals surface area contributed by atoms with Gasteiger partial charge in [0.15, 0.2) is 0 Å². The molecule has 0 spiro atoms. The first-order chi connectivity index (χ1) is 10.6. The van der Waals surface area contributed by atoms with Gasteiger partial charge in [-0.05, 0) is 6.92 Å². The Morgan fingerprint density at radius 2 is 2.00 bits per heavy atom. The third kappa shape index (κ3) is 2.48. The molecule has 1 aromatic carbocycles. The van der Waals surface area contributed by atoms with E-state index in [4.69, 9.17) is 9.63 Å². The van der Waals surface area contributed by atoms with Gasteiger partial charge in [-0.3, -0.25) is 4.79 Å². The Labute approximate surface area is 126 Å². The number of aliphatic carboxylic acids is 1. The highest BCUT2D eigenvalue weighted by Crippen LogP contribution is 2.32. The number of anilines is 1. The predicted molar refractivity (Wildman–Crippen MR) is 80.7 cm³/mol. The van der Waals surface area contributed by atoms with Gasteiger partial charge in [0, 0.05) is 12.6 Å². The molecule has 2 heterocycles. The van der Waals surface area contributed by atoms with Crippen LogP contribution in [0.2, 0.25) is 0 Å². The maximum Gasteiger partial charge on any atom is 0.323 e. The van der Waals surface area contributed by atoms with Crippen molar-refractivity contribution >= 4 is 22.9 Å². The lowest BCUT2D eigenvalue weighted by atomic mass is 10.1. The fourth-order valence-electron chi connectivity index (χ4n) is 2.25. The Bertz CT molecular complexity index is 826. The van der Waals surface area contributed by atoms with Gasteiger partial charge in [-0.1, -0.05) is 35.0 Å². The highest BCUT2D eigenvalue weighted by molar-refractivity contribution is 5.98. The number of hydrogen-bond donors (Lipinski definition) is 1. The minimum atomic E-state index is -0.942. The molecular weight excluding hydrogens is 284 g/mol. The van der Waals surface area contributed by atoms with Gasteiger partial charge in [0.05, 0.1) is 0 Å². The zero-order chi connectivity index (χ0) is 15.7. The fourth-order valence-corrected chi connectivity index (χ4v) is 2.25. The molecule has 0 fully saturated rings. The van der Waals surface area contributed by atoms with Crippen molar-refractivity contribution in [3.8, 4) is 11.3 Å². The maximum absolute atomic E-state index is 10.9. The lowest BCUT2D eigenvalue weighted by Gasteiger charge is -2.15. The molecule has 0 aliphatic heterocycles. The number of aryl methyl sites for hydroxylation is 1. The Balaban J connectivity index is 2.16. The second-order valence-corrected chi connectivity index (χ2v) is 5.02. The number of hydrogen-bond acceptors (Lipinski definition) is 6. The molecule has 3 aromatic rings. The summed E-state index contributed by atoms with van der Waals surface area (Å²) in [6.07, 6.45) is 1.33. The second kappa shape index (κ2) is 5.44. The Morgan fingerprint density at radius 3 is 2.68 bits per heavy atom. The molecule has 0 radical (unpaired) electrons. The molecule has 0 saturated carbocycles. The summed E-state index contributed by atoms with van der Waals surface area (Å²) in [5.41, 5.74) is 2.93. The van der Waals surface area contributed by atoms with E-state index in [1.54, 1.807) is 7.05 Å². The van der Waals surface area contributed by atoms with E-state index in [-0.39, 0.29) is 6.54 Å². The maximum atomic E-state index is 10.9. The summed E-state index contributed by atoms with van der Waals surface area (Å²) in [4.78, 5) is 20.7. The van der Waals surface area contributed by atoms with Crippen molar-refractivity contribution in [3.63, 3.8) is 0 Å². The van der Waals surface area contributed by atoms with Crippen molar-refractivity contribution in [1.82, 2.24) is 15.1 Å². The van der Waals surface area contributed by atoms with Crippen LogP contribution in [0.5, 0.6) is 0 Å². The largest absolute Gasteiger partial charge is 0.480 e. The predicted octanol–water partition coefficient (Wildman–Crippen LogP) is 2.11. The van der Waals surface area contributed by atoms with Crippen LogP contribution in [0, 0.1) is 6.92 Å². The summed E-state index contributed by atoms with van der Waals surface area (Å²) in [7, 11) is 1.65. The number of fused-ring (bicyclic) bond motifs is 1. The summed E-state index contributed by atoms with van der Waals surface area (Å²) in [6, 6.07) is 7.81. The standard InChI is InChI=1S/C15H14N4O3/c1-9-3-5-10(6-4-9)13-12-14(19(2)7-11(20)21)16-8-17-15(12)22-18-13/h3-6,8H,7H2,1-2H3,(H,20,21). The second-order valence-electron chi connectivity index (χ2n) is 5.02. The Kier molecular flexibility index (Phi) is 3.46. The van der Waals surface area contributed by atoms with Crippen LogP contribution in [-0.4, -0.2) is 39.8 Å². The molecule has 0 aliphatic carbocycles. The van der Waals surface area contributed by atoms with E-state index >= 15 is 0 Å². The van der Waals surface area contributed by atoms with Gasteiger partial charge >= 0.3 is 5.97 Å². The number of rotatable bonds is 4. The number of likely N-dealkylation sites (N-methyl/N-ethyl adjacent to an activating group) is 1. The first kappa shape index (κ1) is 14.0. The van der Waals surface area contributed by atoms with Crippen molar-refractivity contribution in [3.05, 3.63) is 36.2 Å². The van der Waals surface area contributed by atoms with E-state index in [0.717, 1.165) is 11.1 Å². The fraction of sp³-hybridized carbons (Fsp3) is 0.200. The molecule has 0 bridgehead atoms. The SMILES string of the molecule is Cc1ccc(-c2noc3ncnc(N(C)CC(=O)O)c23)cc1. The third-order valence-electron chi connectivity index (χ3n) is 3.31. The zero-order valence-corrected chi connectivity index (χ0v) is 12.1. The van der Waals surface area contributed by atoms with Gasteiger partial charge in [-0.15, -0.1) is 0 Å². The van der Waals surface area contributed by atoms with Crippen LogP contribution in [0.3, 0.4) is 0 Å². The van der Waals surface area contributed by atoms with E-state index in [9.17, 15) is 4.79 Å². The molecule has 0 saturated heterocycles. The molecule has 0 amide bonds. The molecule has 1 N–H and O–H groups in total. The highest BCUT2D eigenvalue weighted by atomic mass is 16.5. The van der Waals surface area contributed by atoms with Gasteiger partial charge < -0.3 is 14.5 Å². The molecular formula is C15H14N4O3. The number of carboxylic acid groups (broad SMARTS) is 1. The Hall–Kier alpha value is -2.96. The van der Waals surface area contributed by atoms with Crippen LogP contribution in [0.15, 0.2) is 35.1 Å². The molecule has 7 nitrogen and oxygen atoms in total. The van der Waals surface area contributed by atoms with Gasteiger partial charge in [0.1, 0.15) is 29.8 Å². The lowest BCUT2D eigenvalue weighted by molar-refractivity contribution is -0.135. The zero-order valence-electron chi connectivity index (χ0n) is 12.1. The van der Waals surface area contributed by atoms with E-state index in [1.165, 1.54) is 11.2 Å². The van der Waals surface area contributed by atoms with E-state index in [1.807, 2.05) is 31.2 Å². The van der Waals surface area contributed by atoms with Crippen LogP contribution < -0.4 is 4.90 Å². The van der Waals surface area contributed by atoms with Gasteiger partial charge in [-0.25, -0.2) is 4.98 Å². The van der Waals surface area contributed by atoms with Crippen molar-refractivity contribution in [1.29, 1.82) is 0 Å². The van der Waals surface area contributed by atoms with E-state index in [2.05, 4.69) is 15.1 Å². The molecule has 2 aromatic heterocycles. The smallest absolute Gasteiger partial charge is 0.323 e. The quantitative estimate of drug-likeness (QED) is 0.788.